The number of nitrogens with one attached hydrogen (secondary N) is 1. The number of anilines is 1. The summed E-state index contributed by atoms with van der Waals surface area (Å²) in [6, 6.07) is 9.59. The Morgan fingerprint density at radius 1 is 1.24 bits per heavy atom. The summed E-state index contributed by atoms with van der Waals surface area (Å²) in [5.74, 6) is -0.906. The lowest BCUT2D eigenvalue weighted by Crippen LogP contribution is -2.43. The number of carboxylic acids is 1. The zero-order chi connectivity index (χ0) is 15.1. The normalized spacial score (nSPS) is 15.7. The van der Waals surface area contributed by atoms with Gasteiger partial charge in [-0.25, -0.2) is 4.79 Å². The molecule has 1 heterocycles. The Kier molecular flexibility index (Phi) is 5.57. The van der Waals surface area contributed by atoms with Gasteiger partial charge in [0.05, 0.1) is 12.6 Å². The quantitative estimate of drug-likeness (QED) is 0.823. The molecular weight excluding hydrogens is 272 g/mol. The summed E-state index contributed by atoms with van der Waals surface area (Å²) in [5.41, 5.74) is 0.922. The van der Waals surface area contributed by atoms with E-state index >= 15 is 0 Å². The Morgan fingerprint density at radius 2 is 1.90 bits per heavy atom. The fraction of sp³-hybridized carbons (Fsp3) is 0.467. The Hall–Kier alpha value is -2.08. The fourth-order valence-corrected chi connectivity index (χ4v) is 2.31. The first-order valence-corrected chi connectivity index (χ1v) is 7.05. The monoisotopic (exact) mass is 292 g/mol. The molecule has 1 saturated heterocycles. The highest BCUT2D eigenvalue weighted by Crippen LogP contribution is 2.14. The Bertz CT molecular complexity index is 470. The molecule has 0 aliphatic carbocycles. The smallest absolute Gasteiger partial charge is 0.329 e. The summed E-state index contributed by atoms with van der Waals surface area (Å²) in [7, 11) is 0. The van der Waals surface area contributed by atoms with Gasteiger partial charge >= 0.3 is 5.97 Å². The molecule has 1 aromatic carbocycles. The molecule has 0 radical (unpaired) electrons. The summed E-state index contributed by atoms with van der Waals surface area (Å²) in [6.45, 7) is 1.22. The average molecular weight is 292 g/mol. The molecule has 1 amide bonds. The summed E-state index contributed by atoms with van der Waals surface area (Å²) >= 11 is 0. The van der Waals surface area contributed by atoms with Gasteiger partial charge in [0.25, 0.3) is 0 Å². The molecule has 1 fully saturated rings. The maximum absolute atomic E-state index is 12.1. The molecule has 21 heavy (non-hydrogen) atoms. The van der Waals surface area contributed by atoms with Crippen LogP contribution in [0.5, 0.6) is 0 Å². The number of nitrogens with zero attached hydrogens (tertiary/aromatic N) is 1. The lowest BCUT2D eigenvalue weighted by Gasteiger charge is -2.31. The van der Waals surface area contributed by atoms with Gasteiger partial charge in [-0.2, -0.15) is 0 Å². The maximum Gasteiger partial charge on any atom is 0.329 e. The number of para-hydroxylation sites is 1. The van der Waals surface area contributed by atoms with Crippen molar-refractivity contribution in [2.24, 2.45) is 0 Å². The number of carboxylic acid groups (broad SMARTS) is 1. The van der Waals surface area contributed by atoms with Gasteiger partial charge in [0.15, 0.2) is 0 Å². The van der Waals surface area contributed by atoms with Crippen LogP contribution < -0.4 is 5.32 Å². The van der Waals surface area contributed by atoms with Crippen LogP contribution in [-0.2, 0) is 14.3 Å². The number of carbonyl (C=O) groups is 2. The first-order valence-electron chi connectivity index (χ1n) is 7.05. The van der Waals surface area contributed by atoms with E-state index in [1.807, 2.05) is 30.3 Å². The van der Waals surface area contributed by atoms with Gasteiger partial charge < -0.3 is 20.1 Å². The molecule has 1 aromatic rings. The van der Waals surface area contributed by atoms with E-state index in [1.165, 1.54) is 0 Å². The number of hydrogen-bond acceptors (Lipinski definition) is 4. The van der Waals surface area contributed by atoms with Gasteiger partial charge in [-0.15, -0.1) is 0 Å². The summed E-state index contributed by atoms with van der Waals surface area (Å²) in [4.78, 5) is 24.3. The molecule has 0 spiro atoms. The van der Waals surface area contributed by atoms with Crippen molar-refractivity contribution in [1.29, 1.82) is 0 Å². The molecule has 0 unspecified atom stereocenters. The van der Waals surface area contributed by atoms with Crippen LogP contribution in [0, 0.1) is 0 Å². The fourth-order valence-electron chi connectivity index (χ4n) is 2.31. The molecule has 6 nitrogen and oxygen atoms in total. The Labute approximate surface area is 123 Å². The van der Waals surface area contributed by atoms with Crippen molar-refractivity contribution < 1.29 is 19.4 Å². The van der Waals surface area contributed by atoms with E-state index in [0.717, 1.165) is 5.69 Å². The van der Waals surface area contributed by atoms with Gasteiger partial charge in [-0.1, -0.05) is 18.2 Å². The van der Waals surface area contributed by atoms with Crippen LogP contribution in [0.1, 0.15) is 12.8 Å². The number of rotatable bonds is 6. The van der Waals surface area contributed by atoms with Crippen LogP contribution in [-0.4, -0.2) is 54.2 Å². The minimum Gasteiger partial charge on any atom is -0.480 e. The van der Waals surface area contributed by atoms with E-state index in [-0.39, 0.29) is 25.2 Å². The topological polar surface area (TPSA) is 78.9 Å². The lowest BCUT2D eigenvalue weighted by atomic mass is 10.1. The van der Waals surface area contributed by atoms with Gasteiger partial charge in [-0.3, -0.25) is 4.79 Å². The van der Waals surface area contributed by atoms with Gasteiger partial charge in [0.1, 0.15) is 6.61 Å². The van der Waals surface area contributed by atoms with E-state index in [1.54, 1.807) is 4.90 Å². The number of likely N-dealkylation sites (tertiary alicyclic amines) is 1. The molecule has 2 N–H and O–H groups in total. The van der Waals surface area contributed by atoms with Crippen molar-refractivity contribution in [1.82, 2.24) is 4.90 Å². The van der Waals surface area contributed by atoms with Crippen molar-refractivity contribution >= 4 is 17.6 Å². The lowest BCUT2D eigenvalue weighted by molar-refractivity contribution is -0.146. The number of hydrogen-bond donors (Lipinski definition) is 2. The van der Waals surface area contributed by atoms with E-state index in [2.05, 4.69) is 5.32 Å². The maximum atomic E-state index is 12.1. The number of benzene rings is 1. The van der Waals surface area contributed by atoms with Gasteiger partial charge in [0, 0.05) is 18.8 Å². The highest BCUT2D eigenvalue weighted by molar-refractivity contribution is 5.80. The number of carbonyl (C=O) groups excluding carboxylic acids is 1. The van der Waals surface area contributed by atoms with Gasteiger partial charge in [-0.05, 0) is 25.0 Å². The van der Waals surface area contributed by atoms with Crippen molar-refractivity contribution in [3.8, 4) is 0 Å². The van der Waals surface area contributed by atoms with Crippen LogP contribution in [0.4, 0.5) is 5.69 Å². The average Bonchev–Trinajstić information content (AvgIpc) is 2.52. The largest absolute Gasteiger partial charge is 0.480 e. The van der Waals surface area contributed by atoms with Crippen LogP contribution in [0.25, 0.3) is 0 Å². The molecule has 0 saturated carbocycles. The molecule has 0 aromatic heterocycles. The van der Waals surface area contributed by atoms with E-state index in [0.29, 0.717) is 25.9 Å². The van der Waals surface area contributed by atoms with Crippen LogP contribution in [0.15, 0.2) is 30.3 Å². The molecular formula is C15H20N2O4. The molecule has 1 aliphatic rings. The standard InChI is InChI=1S/C15H20N2O4/c18-14(10-16-12-4-2-1-3-5-12)17-8-6-13(7-9-17)21-11-15(19)20/h1-5,13,16H,6-11H2,(H,19,20). The SMILES string of the molecule is O=C(O)COC1CCN(C(=O)CNc2ccccc2)CC1. The van der Waals surface area contributed by atoms with Crippen LogP contribution in [0.3, 0.4) is 0 Å². The Morgan fingerprint density at radius 3 is 2.52 bits per heavy atom. The second kappa shape index (κ2) is 7.64. The van der Waals surface area contributed by atoms with Gasteiger partial charge in [0.2, 0.25) is 5.91 Å². The third kappa shape index (κ3) is 5.07. The second-order valence-corrected chi connectivity index (χ2v) is 5.00. The van der Waals surface area contributed by atoms with Crippen molar-refractivity contribution in [3.05, 3.63) is 30.3 Å². The zero-order valence-electron chi connectivity index (χ0n) is 11.8. The van der Waals surface area contributed by atoms with Crippen LogP contribution >= 0.6 is 0 Å². The molecule has 114 valence electrons. The summed E-state index contributed by atoms with van der Waals surface area (Å²) in [6.07, 6.45) is 1.31. The molecule has 1 aliphatic heterocycles. The second-order valence-electron chi connectivity index (χ2n) is 5.00. The number of amides is 1. The Balaban J connectivity index is 1.69. The molecule has 0 atom stereocenters. The summed E-state index contributed by atoms with van der Waals surface area (Å²) < 4.78 is 5.25. The number of piperidine rings is 1. The molecule has 2 rings (SSSR count). The minimum absolute atomic E-state index is 0.0514. The predicted molar refractivity (Wildman–Crippen MR) is 78.1 cm³/mol. The molecule has 6 heteroatoms. The van der Waals surface area contributed by atoms with E-state index in [4.69, 9.17) is 9.84 Å². The number of aliphatic carboxylic acids is 1. The van der Waals surface area contributed by atoms with E-state index in [9.17, 15) is 9.59 Å². The highest BCUT2D eigenvalue weighted by atomic mass is 16.5. The predicted octanol–water partition coefficient (Wildman–Crippen LogP) is 1.19. The number of ether oxygens (including phenoxy) is 1. The third-order valence-corrected chi connectivity index (χ3v) is 3.45. The zero-order valence-corrected chi connectivity index (χ0v) is 11.8. The minimum atomic E-state index is -0.958. The van der Waals surface area contributed by atoms with E-state index < -0.39 is 5.97 Å². The molecule has 0 bridgehead atoms. The first-order chi connectivity index (χ1) is 10.1. The van der Waals surface area contributed by atoms with Crippen molar-refractivity contribution in [2.45, 2.75) is 18.9 Å². The van der Waals surface area contributed by atoms with Crippen LogP contribution in [0.2, 0.25) is 0 Å². The third-order valence-electron chi connectivity index (χ3n) is 3.45. The first kappa shape index (κ1) is 15.3. The summed E-state index contributed by atoms with van der Waals surface area (Å²) in [5, 5.41) is 11.7. The highest BCUT2D eigenvalue weighted by Gasteiger charge is 2.23. The van der Waals surface area contributed by atoms with Crippen molar-refractivity contribution in [2.75, 3.05) is 31.6 Å². The van der Waals surface area contributed by atoms with Crippen molar-refractivity contribution in [3.63, 3.8) is 0 Å².